The molecule has 5 rings (SSSR count). The maximum Gasteiger partial charge on any atom is 0.251 e. The number of para-hydroxylation sites is 1. The number of carbonyl (C=O) groups is 1. The molecule has 0 saturated carbocycles. The molecule has 3 aromatic heterocycles. The van der Waals surface area contributed by atoms with Crippen LogP contribution in [0.4, 0.5) is 11.6 Å². The van der Waals surface area contributed by atoms with E-state index < -0.39 is 0 Å². The second kappa shape index (κ2) is 10.9. The van der Waals surface area contributed by atoms with Crippen molar-refractivity contribution in [3.8, 4) is 11.3 Å². The monoisotopic (exact) mass is 495 g/mol. The topological polar surface area (TPSA) is 95.9 Å². The van der Waals surface area contributed by atoms with Crippen molar-refractivity contribution >= 4 is 28.4 Å². The first kappa shape index (κ1) is 24.6. The van der Waals surface area contributed by atoms with E-state index in [-0.39, 0.29) is 17.7 Å². The Hall–Kier alpha value is -4.07. The lowest BCUT2D eigenvalue weighted by Crippen LogP contribution is -2.19. The van der Waals surface area contributed by atoms with Gasteiger partial charge >= 0.3 is 0 Å². The quantitative estimate of drug-likeness (QED) is 0.359. The normalized spacial score (nSPS) is 14.9. The predicted octanol–water partition coefficient (Wildman–Crippen LogP) is 4.90. The summed E-state index contributed by atoms with van der Waals surface area (Å²) in [6.45, 7) is 7.30. The first-order chi connectivity index (χ1) is 18.0. The number of pyridine rings is 2. The molecule has 1 fully saturated rings. The van der Waals surface area contributed by atoms with Crippen LogP contribution in [0.3, 0.4) is 0 Å². The van der Waals surface area contributed by atoms with E-state index in [0.29, 0.717) is 5.56 Å². The zero-order valence-corrected chi connectivity index (χ0v) is 21.6. The Balaban J connectivity index is 1.28. The van der Waals surface area contributed by atoms with Crippen molar-refractivity contribution < 1.29 is 4.79 Å². The molecule has 1 aliphatic rings. The van der Waals surface area contributed by atoms with Crippen LogP contribution in [0.2, 0.25) is 0 Å². The Morgan fingerprint density at radius 2 is 1.86 bits per heavy atom. The molecular weight excluding hydrogens is 462 g/mol. The van der Waals surface area contributed by atoms with Crippen LogP contribution < -0.4 is 15.5 Å². The third-order valence-corrected chi connectivity index (χ3v) is 7.36. The van der Waals surface area contributed by atoms with Crippen molar-refractivity contribution in [2.45, 2.75) is 32.6 Å². The molecule has 8 nitrogen and oxygen atoms in total. The number of fused-ring (bicyclic) bond motifs is 1. The number of anilines is 2. The molecule has 1 amide bonds. The van der Waals surface area contributed by atoms with Crippen LogP contribution in [0.5, 0.6) is 0 Å². The molecule has 37 heavy (non-hydrogen) atoms. The fraction of sp³-hybridized carbons (Fsp3) is 0.345. The first-order valence-corrected chi connectivity index (χ1v) is 12.9. The van der Waals surface area contributed by atoms with Gasteiger partial charge in [0.15, 0.2) is 0 Å². The lowest BCUT2D eigenvalue weighted by atomic mass is 9.87. The van der Waals surface area contributed by atoms with Crippen LogP contribution in [-0.4, -0.2) is 52.5 Å². The zero-order valence-electron chi connectivity index (χ0n) is 21.6. The largest absolute Gasteiger partial charge is 0.370 e. The molecule has 1 saturated heterocycles. The molecule has 1 aliphatic heterocycles. The lowest BCUT2D eigenvalue weighted by molar-refractivity contribution is 0.0964. The van der Waals surface area contributed by atoms with E-state index >= 15 is 0 Å². The number of amides is 1. The molecule has 0 radical (unpaired) electrons. The minimum Gasteiger partial charge on any atom is -0.370 e. The summed E-state index contributed by atoms with van der Waals surface area (Å²) in [4.78, 5) is 32.8. The van der Waals surface area contributed by atoms with Gasteiger partial charge < -0.3 is 15.5 Å². The van der Waals surface area contributed by atoms with Gasteiger partial charge in [-0.1, -0.05) is 32.0 Å². The molecule has 0 bridgehead atoms. The van der Waals surface area contributed by atoms with Crippen molar-refractivity contribution in [2.24, 2.45) is 5.92 Å². The second-order valence-electron chi connectivity index (χ2n) is 9.72. The molecule has 2 unspecified atom stereocenters. The highest BCUT2D eigenvalue weighted by molar-refractivity contribution is 6.06. The van der Waals surface area contributed by atoms with Gasteiger partial charge in [-0.3, -0.25) is 9.78 Å². The maximum atomic E-state index is 12.3. The summed E-state index contributed by atoms with van der Waals surface area (Å²) >= 11 is 0. The summed E-state index contributed by atoms with van der Waals surface area (Å²) in [6, 6.07) is 14.0. The molecule has 8 heteroatoms. The summed E-state index contributed by atoms with van der Waals surface area (Å²) in [7, 11) is 1.65. The minimum atomic E-state index is -0.104. The van der Waals surface area contributed by atoms with Gasteiger partial charge in [0.05, 0.1) is 16.8 Å². The standard InChI is InChI=1S/C29H33N7O/c1-19(20(2)22-7-6-8-23-24(29(37)30-3)11-12-31-28(22)23)16-32-26-15-25(34-18-35-26)21-9-10-27(33-17-21)36-13-4-5-14-36/h6-12,15,17-20H,4-5,13-14,16H2,1-3H3,(H,30,37)(H,32,34,35). The van der Waals surface area contributed by atoms with E-state index in [1.54, 1.807) is 25.6 Å². The minimum absolute atomic E-state index is 0.104. The highest BCUT2D eigenvalue weighted by Gasteiger charge is 2.20. The highest BCUT2D eigenvalue weighted by atomic mass is 16.1. The van der Waals surface area contributed by atoms with Crippen molar-refractivity contribution in [1.29, 1.82) is 0 Å². The maximum absolute atomic E-state index is 12.3. The number of aromatic nitrogens is 4. The van der Waals surface area contributed by atoms with E-state index in [1.807, 2.05) is 24.4 Å². The van der Waals surface area contributed by atoms with E-state index in [1.165, 1.54) is 12.8 Å². The SMILES string of the molecule is CNC(=O)c1ccnc2c(C(C)C(C)CNc3cc(-c4ccc(N5CCCC5)nc4)ncn3)cccc12. The summed E-state index contributed by atoms with van der Waals surface area (Å²) in [5.41, 5.74) is 4.47. The van der Waals surface area contributed by atoms with E-state index in [9.17, 15) is 4.79 Å². The number of nitrogens with one attached hydrogen (secondary N) is 2. The van der Waals surface area contributed by atoms with Crippen LogP contribution >= 0.6 is 0 Å². The average molecular weight is 496 g/mol. The fourth-order valence-electron chi connectivity index (χ4n) is 4.93. The average Bonchev–Trinajstić information content (AvgIpc) is 3.50. The van der Waals surface area contributed by atoms with Gasteiger partial charge in [-0.2, -0.15) is 0 Å². The Bertz CT molecular complexity index is 1380. The van der Waals surface area contributed by atoms with Gasteiger partial charge in [-0.15, -0.1) is 0 Å². The summed E-state index contributed by atoms with van der Waals surface area (Å²) in [5.74, 6) is 2.21. The summed E-state index contributed by atoms with van der Waals surface area (Å²) in [6.07, 6.45) is 7.66. The highest BCUT2D eigenvalue weighted by Crippen LogP contribution is 2.31. The zero-order chi connectivity index (χ0) is 25.8. The fourth-order valence-corrected chi connectivity index (χ4v) is 4.93. The van der Waals surface area contributed by atoms with Gasteiger partial charge in [-0.05, 0) is 48.4 Å². The molecule has 190 valence electrons. The summed E-state index contributed by atoms with van der Waals surface area (Å²) in [5, 5.41) is 7.08. The van der Waals surface area contributed by atoms with Crippen LogP contribution in [0.15, 0.2) is 61.2 Å². The molecule has 2 N–H and O–H groups in total. The van der Waals surface area contributed by atoms with Gasteiger partial charge in [0.25, 0.3) is 5.91 Å². The van der Waals surface area contributed by atoms with Gasteiger partial charge in [-0.25, -0.2) is 15.0 Å². The van der Waals surface area contributed by atoms with Gasteiger partial charge in [0.1, 0.15) is 18.0 Å². The lowest BCUT2D eigenvalue weighted by Gasteiger charge is -2.22. The molecule has 0 spiro atoms. The number of carbonyl (C=O) groups excluding carboxylic acids is 1. The van der Waals surface area contributed by atoms with Crippen molar-refractivity contribution in [3.05, 3.63) is 72.3 Å². The van der Waals surface area contributed by atoms with E-state index in [2.05, 4.69) is 67.5 Å². The number of hydrogen-bond acceptors (Lipinski definition) is 7. The van der Waals surface area contributed by atoms with Crippen LogP contribution in [-0.2, 0) is 0 Å². The van der Waals surface area contributed by atoms with Crippen LogP contribution in [0.25, 0.3) is 22.2 Å². The summed E-state index contributed by atoms with van der Waals surface area (Å²) < 4.78 is 0. The smallest absolute Gasteiger partial charge is 0.251 e. The molecule has 4 aromatic rings. The van der Waals surface area contributed by atoms with Gasteiger partial charge in [0, 0.05) is 56.1 Å². The Morgan fingerprint density at radius 1 is 1.03 bits per heavy atom. The van der Waals surface area contributed by atoms with E-state index in [4.69, 9.17) is 0 Å². The Kier molecular flexibility index (Phi) is 7.25. The Labute approximate surface area is 217 Å². The number of rotatable bonds is 8. The first-order valence-electron chi connectivity index (χ1n) is 12.9. The van der Waals surface area contributed by atoms with Crippen molar-refractivity contribution in [3.63, 3.8) is 0 Å². The molecule has 1 aromatic carbocycles. The second-order valence-corrected chi connectivity index (χ2v) is 9.72. The van der Waals surface area contributed by atoms with Gasteiger partial charge in [0.2, 0.25) is 0 Å². The predicted molar refractivity (Wildman–Crippen MR) is 148 cm³/mol. The molecular formula is C29H33N7O. The van der Waals surface area contributed by atoms with Crippen LogP contribution in [0.1, 0.15) is 48.5 Å². The van der Waals surface area contributed by atoms with Crippen molar-refractivity contribution in [1.82, 2.24) is 25.3 Å². The van der Waals surface area contributed by atoms with Crippen molar-refractivity contribution in [2.75, 3.05) is 36.9 Å². The molecule has 0 aliphatic carbocycles. The number of hydrogen-bond donors (Lipinski definition) is 2. The number of benzene rings is 1. The molecule has 2 atom stereocenters. The molecule has 4 heterocycles. The third kappa shape index (κ3) is 5.23. The van der Waals surface area contributed by atoms with Crippen LogP contribution in [0, 0.1) is 5.92 Å². The van der Waals surface area contributed by atoms with E-state index in [0.717, 1.165) is 59.0 Å². The number of nitrogens with zero attached hydrogens (tertiary/aromatic N) is 5. The third-order valence-electron chi connectivity index (χ3n) is 7.36. The Morgan fingerprint density at radius 3 is 2.62 bits per heavy atom.